The van der Waals surface area contributed by atoms with Crippen molar-refractivity contribution >= 4 is 5.91 Å². The average molecular weight is 255 g/mol. The summed E-state index contributed by atoms with van der Waals surface area (Å²) in [6.07, 6.45) is 3.39. The van der Waals surface area contributed by atoms with Gasteiger partial charge in [-0.2, -0.15) is 0 Å². The normalized spacial score (nSPS) is 23.6. The van der Waals surface area contributed by atoms with Crippen LogP contribution in [0.1, 0.15) is 47.0 Å². The van der Waals surface area contributed by atoms with Crippen molar-refractivity contribution in [3.63, 3.8) is 0 Å². The topological polar surface area (TPSA) is 58.4 Å². The van der Waals surface area contributed by atoms with E-state index < -0.39 is 5.54 Å². The van der Waals surface area contributed by atoms with Crippen molar-refractivity contribution in [3.05, 3.63) is 0 Å². The lowest BCUT2D eigenvalue weighted by molar-refractivity contribution is -0.124. The summed E-state index contributed by atoms with van der Waals surface area (Å²) in [6, 6.07) is 0. The number of rotatable bonds is 6. The van der Waals surface area contributed by atoms with Gasteiger partial charge < -0.3 is 16.0 Å². The zero-order valence-corrected chi connectivity index (χ0v) is 12.4. The minimum atomic E-state index is -0.600. The summed E-state index contributed by atoms with van der Waals surface area (Å²) in [5.74, 6) is -0.249. The van der Waals surface area contributed by atoms with Crippen LogP contribution >= 0.6 is 0 Å². The summed E-state index contributed by atoms with van der Waals surface area (Å²) in [5, 5.41) is 3.30. The molecule has 1 unspecified atom stereocenters. The average Bonchev–Trinajstić information content (AvgIpc) is 2.29. The van der Waals surface area contributed by atoms with Crippen LogP contribution in [0, 0.1) is 5.41 Å². The molecule has 0 saturated carbocycles. The molecule has 0 aromatic heterocycles. The molecule has 0 spiro atoms. The van der Waals surface area contributed by atoms with Crippen LogP contribution in [0.3, 0.4) is 0 Å². The van der Waals surface area contributed by atoms with E-state index >= 15 is 0 Å². The van der Waals surface area contributed by atoms with Crippen molar-refractivity contribution in [3.8, 4) is 0 Å². The fraction of sp³-hybridized carbons (Fsp3) is 0.929. The van der Waals surface area contributed by atoms with Crippen LogP contribution in [-0.4, -0.2) is 42.5 Å². The smallest absolute Gasteiger partial charge is 0.238 e. The molecule has 0 aromatic carbocycles. The third-order valence-electron chi connectivity index (χ3n) is 4.06. The second-order valence-electron chi connectivity index (χ2n) is 6.56. The molecule has 1 heterocycles. The standard InChI is InChI=1S/C14H29N3O/c1-5-8-16-14(4,12(15)18)11-17-9-6-13(2,3)7-10-17/h16H,5-11H2,1-4H3,(H2,15,18). The molecule has 0 aliphatic carbocycles. The molecular weight excluding hydrogens is 226 g/mol. The van der Waals surface area contributed by atoms with Crippen LogP contribution in [-0.2, 0) is 4.79 Å². The van der Waals surface area contributed by atoms with Crippen molar-refractivity contribution in [2.24, 2.45) is 11.1 Å². The monoisotopic (exact) mass is 255 g/mol. The fourth-order valence-electron chi connectivity index (χ4n) is 2.39. The first-order valence-electron chi connectivity index (χ1n) is 7.06. The summed E-state index contributed by atoms with van der Waals surface area (Å²) in [6.45, 7) is 12.3. The Morgan fingerprint density at radius 2 is 1.94 bits per heavy atom. The lowest BCUT2D eigenvalue weighted by atomic mass is 9.82. The van der Waals surface area contributed by atoms with Gasteiger partial charge in [-0.1, -0.05) is 20.8 Å². The SMILES string of the molecule is CCCNC(C)(CN1CCC(C)(C)CC1)C(N)=O. The number of primary amides is 1. The number of carbonyl (C=O) groups excluding carboxylic acids is 1. The fourth-order valence-corrected chi connectivity index (χ4v) is 2.39. The van der Waals surface area contributed by atoms with Gasteiger partial charge in [0.1, 0.15) is 5.54 Å². The van der Waals surface area contributed by atoms with E-state index in [9.17, 15) is 4.79 Å². The van der Waals surface area contributed by atoms with Gasteiger partial charge in [-0.15, -0.1) is 0 Å². The molecule has 1 saturated heterocycles. The first-order valence-corrected chi connectivity index (χ1v) is 7.06. The summed E-state index contributed by atoms with van der Waals surface area (Å²) >= 11 is 0. The van der Waals surface area contributed by atoms with Gasteiger partial charge in [0.25, 0.3) is 0 Å². The van der Waals surface area contributed by atoms with Crippen molar-refractivity contribution in [1.29, 1.82) is 0 Å². The Hall–Kier alpha value is -0.610. The van der Waals surface area contributed by atoms with Crippen molar-refractivity contribution < 1.29 is 4.79 Å². The highest BCUT2D eigenvalue weighted by molar-refractivity contribution is 5.84. The number of likely N-dealkylation sites (tertiary alicyclic amines) is 1. The number of piperidine rings is 1. The van der Waals surface area contributed by atoms with E-state index in [1.54, 1.807) is 0 Å². The minimum Gasteiger partial charge on any atom is -0.368 e. The number of nitrogens with two attached hydrogens (primary N) is 1. The highest BCUT2D eigenvalue weighted by atomic mass is 16.1. The molecule has 1 amide bonds. The number of hydrogen-bond donors (Lipinski definition) is 2. The summed E-state index contributed by atoms with van der Waals surface area (Å²) in [7, 11) is 0. The lowest BCUT2D eigenvalue weighted by Gasteiger charge is -2.40. The molecule has 0 aromatic rings. The van der Waals surface area contributed by atoms with Gasteiger partial charge >= 0.3 is 0 Å². The molecule has 106 valence electrons. The van der Waals surface area contributed by atoms with Crippen molar-refractivity contribution in [2.45, 2.75) is 52.5 Å². The quantitative estimate of drug-likeness (QED) is 0.753. The third kappa shape index (κ3) is 4.25. The first kappa shape index (κ1) is 15.4. The number of amides is 1. The molecule has 1 aliphatic heterocycles. The Bertz CT molecular complexity index is 281. The minimum absolute atomic E-state index is 0.249. The molecular formula is C14H29N3O. The molecule has 1 fully saturated rings. The van der Waals surface area contributed by atoms with Crippen LogP contribution in [0.15, 0.2) is 0 Å². The van der Waals surface area contributed by atoms with Gasteiger partial charge in [0.05, 0.1) is 0 Å². The Kier molecular flexibility index (Phi) is 5.17. The number of nitrogens with one attached hydrogen (secondary N) is 1. The van der Waals surface area contributed by atoms with Crippen LogP contribution in [0.4, 0.5) is 0 Å². The molecule has 1 atom stereocenters. The summed E-state index contributed by atoms with van der Waals surface area (Å²) in [5.41, 5.74) is 5.40. The number of nitrogens with zero attached hydrogens (tertiary/aromatic N) is 1. The Morgan fingerprint density at radius 1 is 1.39 bits per heavy atom. The van der Waals surface area contributed by atoms with Crippen molar-refractivity contribution in [1.82, 2.24) is 10.2 Å². The second kappa shape index (κ2) is 6.02. The maximum Gasteiger partial charge on any atom is 0.238 e. The van der Waals surface area contributed by atoms with Gasteiger partial charge in [-0.05, 0) is 51.2 Å². The van der Waals surface area contributed by atoms with Gasteiger partial charge in [0.15, 0.2) is 0 Å². The van der Waals surface area contributed by atoms with E-state index in [-0.39, 0.29) is 5.91 Å². The van der Waals surface area contributed by atoms with Gasteiger partial charge in [-0.3, -0.25) is 4.79 Å². The molecule has 0 bridgehead atoms. The van der Waals surface area contributed by atoms with E-state index in [2.05, 4.69) is 31.0 Å². The van der Waals surface area contributed by atoms with Gasteiger partial charge in [0.2, 0.25) is 5.91 Å². The Morgan fingerprint density at radius 3 is 2.39 bits per heavy atom. The largest absolute Gasteiger partial charge is 0.368 e. The number of carbonyl (C=O) groups is 1. The Balaban J connectivity index is 2.54. The predicted octanol–water partition coefficient (Wildman–Crippen LogP) is 1.35. The molecule has 1 aliphatic rings. The zero-order valence-electron chi connectivity index (χ0n) is 12.4. The van der Waals surface area contributed by atoms with Crippen LogP contribution in [0.25, 0.3) is 0 Å². The highest BCUT2D eigenvalue weighted by Crippen LogP contribution is 2.30. The van der Waals surface area contributed by atoms with E-state index in [1.807, 2.05) is 6.92 Å². The molecule has 3 N–H and O–H groups in total. The highest BCUT2D eigenvalue weighted by Gasteiger charge is 2.35. The third-order valence-corrected chi connectivity index (χ3v) is 4.06. The molecule has 0 radical (unpaired) electrons. The van der Waals surface area contributed by atoms with E-state index in [4.69, 9.17) is 5.73 Å². The van der Waals surface area contributed by atoms with E-state index in [0.29, 0.717) is 5.41 Å². The lowest BCUT2D eigenvalue weighted by Crippen LogP contribution is -2.60. The maximum atomic E-state index is 11.7. The van der Waals surface area contributed by atoms with Crippen LogP contribution in [0.5, 0.6) is 0 Å². The van der Waals surface area contributed by atoms with E-state index in [0.717, 1.165) is 32.6 Å². The van der Waals surface area contributed by atoms with Crippen LogP contribution in [0.2, 0.25) is 0 Å². The number of hydrogen-bond acceptors (Lipinski definition) is 3. The molecule has 4 heteroatoms. The summed E-state index contributed by atoms with van der Waals surface area (Å²) in [4.78, 5) is 14.0. The van der Waals surface area contributed by atoms with Crippen LogP contribution < -0.4 is 11.1 Å². The maximum absolute atomic E-state index is 11.7. The molecule has 1 rings (SSSR count). The van der Waals surface area contributed by atoms with Gasteiger partial charge in [-0.25, -0.2) is 0 Å². The second-order valence-corrected chi connectivity index (χ2v) is 6.56. The molecule has 18 heavy (non-hydrogen) atoms. The first-order chi connectivity index (χ1) is 8.29. The predicted molar refractivity (Wildman–Crippen MR) is 75.3 cm³/mol. The van der Waals surface area contributed by atoms with Gasteiger partial charge in [0, 0.05) is 6.54 Å². The molecule has 4 nitrogen and oxygen atoms in total. The van der Waals surface area contributed by atoms with E-state index in [1.165, 1.54) is 12.8 Å². The summed E-state index contributed by atoms with van der Waals surface area (Å²) < 4.78 is 0. The zero-order chi connectivity index (χ0) is 13.8. The van der Waals surface area contributed by atoms with Crippen molar-refractivity contribution in [2.75, 3.05) is 26.2 Å². The Labute approximate surface area is 111 Å².